The van der Waals surface area contributed by atoms with E-state index in [0.29, 0.717) is 17.5 Å². The Labute approximate surface area is 83.0 Å². The van der Waals surface area contributed by atoms with Crippen molar-refractivity contribution in [2.45, 2.75) is 17.5 Å². The van der Waals surface area contributed by atoms with Crippen molar-refractivity contribution in [3.8, 4) is 0 Å². The molecule has 1 atom stereocenters. The number of hydrogen-bond acceptors (Lipinski definition) is 5. The molecule has 76 valence electrons. The summed E-state index contributed by atoms with van der Waals surface area (Å²) in [7, 11) is 0. The molecule has 1 heterocycles. The van der Waals surface area contributed by atoms with Crippen LogP contribution in [0.25, 0.3) is 0 Å². The number of carboxylic acids is 1. The molecule has 0 aliphatic rings. The lowest BCUT2D eigenvalue weighted by Gasteiger charge is -2.03. The van der Waals surface area contributed by atoms with Gasteiger partial charge in [-0.2, -0.15) is 0 Å². The van der Waals surface area contributed by atoms with Crippen LogP contribution in [-0.2, 0) is 4.79 Å². The lowest BCUT2D eigenvalue weighted by atomic mass is 10.5. The van der Waals surface area contributed by atoms with Crippen LogP contribution < -0.4 is 5.56 Å². The topological polar surface area (TPSA) is 103 Å². The van der Waals surface area contributed by atoms with Gasteiger partial charge in [0, 0.05) is 11.8 Å². The smallest absolute Gasteiger partial charge is 0.343 e. The van der Waals surface area contributed by atoms with E-state index in [1.54, 1.807) is 6.92 Å². The van der Waals surface area contributed by atoms with Gasteiger partial charge in [0.25, 0.3) is 5.56 Å². The van der Waals surface area contributed by atoms with Gasteiger partial charge in [-0.15, -0.1) is 0 Å². The minimum atomic E-state index is -1.63. The molecule has 0 radical (unpaired) electrons. The Hall–Kier alpha value is -1.34. The first-order chi connectivity index (χ1) is 6.49. The SMILES string of the molecule is Cc1cc(=O)[nH]c(SC(O)C(=O)O)n1. The number of hydrogen-bond donors (Lipinski definition) is 3. The first-order valence-electron chi connectivity index (χ1n) is 3.64. The van der Waals surface area contributed by atoms with Crippen molar-refractivity contribution in [2.75, 3.05) is 0 Å². The molecule has 0 aliphatic heterocycles. The highest BCUT2D eigenvalue weighted by Gasteiger charge is 2.16. The van der Waals surface area contributed by atoms with Gasteiger partial charge in [0.2, 0.25) is 5.44 Å². The summed E-state index contributed by atoms with van der Waals surface area (Å²) in [5, 5.41) is 17.4. The van der Waals surface area contributed by atoms with E-state index in [-0.39, 0.29) is 10.7 Å². The minimum Gasteiger partial charge on any atom is -0.479 e. The number of aromatic amines is 1. The maximum atomic E-state index is 10.9. The molecule has 0 spiro atoms. The molecule has 0 bridgehead atoms. The largest absolute Gasteiger partial charge is 0.479 e. The number of nitrogens with one attached hydrogen (secondary N) is 1. The van der Waals surface area contributed by atoms with Gasteiger partial charge in [-0.3, -0.25) is 4.79 Å². The van der Waals surface area contributed by atoms with Crippen molar-refractivity contribution in [1.82, 2.24) is 9.97 Å². The summed E-state index contributed by atoms with van der Waals surface area (Å²) in [5.74, 6) is -1.38. The molecule has 14 heavy (non-hydrogen) atoms. The molecule has 0 aromatic carbocycles. The zero-order chi connectivity index (χ0) is 10.7. The first-order valence-corrected chi connectivity index (χ1v) is 4.52. The second-order valence-corrected chi connectivity index (χ2v) is 3.57. The zero-order valence-corrected chi connectivity index (χ0v) is 8.04. The van der Waals surface area contributed by atoms with Crippen LogP contribution in [0.4, 0.5) is 0 Å². The molecule has 6 nitrogen and oxygen atoms in total. The number of aliphatic hydroxyl groups excluding tert-OH is 1. The molecule has 1 rings (SSSR count). The minimum absolute atomic E-state index is 0.0879. The maximum absolute atomic E-state index is 10.9. The molecule has 0 fully saturated rings. The van der Waals surface area contributed by atoms with E-state index in [2.05, 4.69) is 9.97 Å². The third kappa shape index (κ3) is 2.86. The summed E-state index contributed by atoms with van der Waals surface area (Å²) in [6.07, 6.45) is 0. The summed E-state index contributed by atoms with van der Waals surface area (Å²) >= 11 is 0.569. The third-order valence-electron chi connectivity index (χ3n) is 1.28. The highest BCUT2D eigenvalue weighted by molar-refractivity contribution is 8.00. The predicted molar refractivity (Wildman–Crippen MR) is 49.1 cm³/mol. The lowest BCUT2D eigenvalue weighted by Crippen LogP contribution is -2.17. The molecule has 0 saturated carbocycles. The van der Waals surface area contributed by atoms with Crippen molar-refractivity contribution in [2.24, 2.45) is 0 Å². The number of aliphatic carboxylic acids is 1. The Morgan fingerprint density at radius 2 is 2.36 bits per heavy atom. The van der Waals surface area contributed by atoms with Crippen LogP contribution in [0.2, 0.25) is 0 Å². The number of aryl methyl sites for hydroxylation is 1. The average molecular weight is 216 g/mol. The molecule has 3 N–H and O–H groups in total. The van der Waals surface area contributed by atoms with Crippen molar-refractivity contribution in [3.63, 3.8) is 0 Å². The maximum Gasteiger partial charge on any atom is 0.343 e. The van der Waals surface area contributed by atoms with E-state index in [1.807, 2.05) is 0 Å². The Kier molecular flexibility index (Phi) is 3.26. The number of carbonyl (C=O) groups is 1. The molecule has 0 aliphatic carbocycles. The van der Waals surface area contributed by atoms with Crippen LogP contribution in [0.1, 0.15) is 5.69 Å². The molecule has 0 saturated heterocycles. The number of nitrogens with zero attached hydrogens (tertiary/aromatic N) is 1. The highest BCUT2D eigenvalue weighted by atomic mass is 32.2. The fourth-order valence-electron chi connectivity index (χ4n) is 0.764. The normalized spacial score (nSPS) is 12.4. The van der Waals surface area contributed by atoms with Crippen LogP contribution in [0.3, 0.4) is 0 Å². The second kappa shape index (κ2) is 4.25. The fraction of sp³-hybridized carbons (Fsp3) is 0.286. The van der Waals surface area contributed by atoms with Crippen molar-refractivity contribution >= 4 is 17.7 Å². The lowest BCUT2D eigenvalue weighted by molar-refractivity contribution is -0.141. The second-order valence-electron chi connectivity index (χ2n) is 2.50. The number of carboxylic acid groups (broad SMARTS) is 1. The van der Waals surface area contributed by atoms with Gasteiger partial charge in [0.05, 0.1) is 0 Å². The molecule has 1 unspecified atom stereocenters. The molecule has 1 aromatic rings. The number of aliphatic hydroxyl groups is 1. The van der Waals surface area contributed by atoms with Crippen LogP contribution in [0, 0.1) is 6.92 Å². The Bertz CT molecular complexity index is 403. The monoisotopic (exact) mass is 216 g/mol. The van der Waals surface area contributed by atoms with Crippen LogP contribution >= 0.6 is 11.8 Å². The van der Waals surface area contributed by atoms with E-state index in [4.69, 9.17) is 10.2 Å². The Morgan fingerprint density at radius 1 is 1.71 bits per heavy atom. The third-order valence-corrected chi connectivity index (χ3v) is 2.12. The van der Waals surface area contributed by atoms with Gasteiger partial charge in [0.1, 0.15) is 0 Å². The average Bonchev–Trinajstić information content (AvgIpc) is 2.01. The molecule has 7 heteroatoms. The number of thioether (sulfide) groups is 1. The molecular weight excluding hydrogens is 208 g/mol. The summed E-state index contributed by atoms with van der Waals surface area (Å²) in [4.78, 5) is 27.4. The predicted octanol–water partition coefficient (Wildman–Crippen LogP) is -0.427. The molecule has 1 aromatic heterocycles. The van der Waals surface area contributed by atoms with Crippen molar-refractivity contribution in [3.05, 3.63) is 22.1 Å². The van der Waals surface area contributed by atoms with Crippen LogP contribution in [-0.4, -0.2) is 31.6 Å². The van der Waals surface area contributed by atoms with E-state index in [1.165, 1.54) is 6.07 Å². The number of H-pyrrole nitrogens is 1. The molecular formula is C7H8N2O4S. The Morgan fingerprint density at radius 3 is 2.86 bits per heavy atom. The van der Waals surface area contributed by atoms with E-state index in [9.17, 15) is 9.59 Å². The Balaban J connectivity index is 2.87. The summed E-state index contributed by atoms with van der Waals surface area (Å²) in [6.45, 7) is 1.60. The quantitative estimate of drug-likeness (QED) is 0.360. The van der Waals surface area contributed by atoms with Crippen LogP contribution in [0.5, 0.6) is 0 Å². The van der Waals surface area contributed by atoms with Gasteiger partial charge in [-0.1, -0.05) is 0 Å². The van der Waals surface area contributed by atoms with E-state index < -0.39 is 11.4 Å². The van der Waals surface area contributed by atoms with Gasteiger partial charge in [-0.05, 0) is 18.7 Å². The van der Waals surface area contributed by atoms with Crippen LogP contribution in [0.15, 0.2) is 16.0 Å². The summed E-state index contributed by atoms with van der Waals surface area (Å²) < 4.78 is 0. The van der Waals surface area contributed by atoms with Gasteiger partial charge < -0.3 is 15.2 Å². The number of rotatable bonds is 3. The van der Waals surface area contributed by atoms with Crippen molar-refractivity contribution < 1.29 is 15.0 Å². The van der Waals surface area contributed by atoms with E-state index >= 15 is 0 Å². The van der Waals surface area contributed by atoms with Gasteiger partial charge in [-0.25, -0.2) is 9.78 Å². The standard InChI is InChI=1S/C7H8N2O4S/c1-3-2-4(10)9-7(8-3)14-6(13)5(11)12/h2,6,13H,1H3,(H,11,12)(H,8,9,10). The fourth-order valence-corrected chi connectivity index (χ4v) is 1.43. The summed E-state index contributed by atoms with van der Waals surface area (Å²) in [5.41, 5.74) is -1.54. The van der Waals surface area contributed by atoms with Gasteiger partial charge >= 0.3 is 5.97 Å². The summed E-state index contributed by atoms with van der Waals surface area (Å²) in [6, 6.07) is 1.28. The first kappa shape index (κ1) is 10.7. The highest BCUT2D eigenvalue weighted by Crippen LogP contribution is 2.16. The van der Waals surface area contributed by atoms with E-state index in [0.717, 1.165) is 0 Å². The van der Waals surface area contributed by atoms with Gasteiger partial charge in [0.15, 0.2) is 5.16 Å². The molecule has 0 amide bonds. The zero-order valence-electron chi connectivity index (χ0n) is 7.22. The van der Waals surface area contributed by atoms with Crippen molar-refractivity contribution in [1.29, 1.82) is 0 Å². The number of aromatic nitrogens is 2.